The minimum absolute atomic E-state index is 0.154. The number of carbonyl (C=O) groups excluding carboxylic acids is 2. The minimum atomic E-state index is -0.697. The van der Waals surface area contributed by atoms with Crippen LogP contribution < -0.4 is 11.1 Å². The predicted octanol–water partition coefficient (Wildman–Crippen LogP) is 3.52. The van der Waals surface area contributed by atoms with E-state index in [2.05, 4.69) is 10.4 Å². The van der Waals surface area contributed by atoms with E-state index in [4.69, 9.17) is 22.1 Å². The maximum atomic E-state index is 12.3. The summed E-state index contributed by atoms with van der Waals surface area (Å²) in [7, 11) is 0. The van der Waals surface area contributed by atoms with Crippen LogP contribution in [-0.4, -0.2) is 28.3 Å². The molecule has 3 aromatic rings. The van der Waals surface area contributed by atoms with E-state index in [0.717, 1.165) is 11.4 Å². The Kier molecular flexibility index (Phi) is 5.65. The number of nitrogens with two attached hydrogens (primary N) is 1. The Balaban J connectivity index is 1.67. The number of nitrogen functional groups attached to an aromatic ring is 1. The van der Waals surface area contributed by atoms with Crippen molar-refractivity contribution in [2.75, 3.05) is 17.7 Å². The lowest BCUT2D eigenvalue weighted by atomic mass is 10.2. The monoisotopic (exact) mass is 398 g/mol. The molecule has 0 aliphatic carbocycles. The molecular formula is C20H19ClN4O3. The molecule has 8 heteroatoms. The lowest BCUT2D eigenvalue weighted by Gasteiger charge is -2.09. The molecule has 1 aromatic heterocycles. The fraction of sp³-hybridized carbons (Fsp3) is 0.150. The highest BCUT2D eigenvalue weighted by Gasteiger charge is 2.17. The number of benzene rings is 2. The standard InChI is InChI=1S/C20H19ClN4O3/c1-12-19(13(2)25(24-12)15-6-4-3-5-7-15)23-18(26)11-28-20(27)16-9-8-14(21)10-17(16)22/h3-10H,11,22H2,1-2H3,(H,23,26). The van der Waals surface area contributed by atoms with Crippen LogP contribution in [0.15, 0.2) is 48.5 Å². The summed E-state index contributed by atoms with van der Waals surface area (Å²) in [5, 5.41) is 7.62. The van der Waals surface area contributed by atoms with Crippen LogP contribution in [0.4, 0.5) is 11.4 Å². The van der Waals surface area contributed by atoms with Gasteiger partial charge in [-0.15, -0.1) is 0 Å². The van der Waals surface area contributed by atoms with Crippen molar-refractivity contribution in [3.05, 3.63) is 70.5 Å². The lowest BCUT2D eigenvalue weighted by Crippen LogP contribution is -2.22. The van der Waals surface area contributed by atoms with Crippen LogP contribution in [0.25, 0.3) is 5.69 Å². The fourth-order valence-corrected chi connectivity index (χ4v) is 2.93. The van der Waals surface area contributed by atoms with E-state index in [9.17, 15) is 9.59 Å². The van der Waals surface area contributed by atoms with Crippen molar-refractivity contribution < 1.29 is 14.3 Å². The zero-order valence-electron chi connectivity index (χ0n) is 15.4. The molecule has 144 valence electrons. The van der Waals surface area contributed by atoms with E-state index in [0.29, 0.717) is 16.4 Å². The first kappa shape index (κ1) is 19.4. The summed E-state index contributed by atoms with van der Waals surface area (Å²) >= 11 is 5.81. The molecule has 0 aliphatic rings. The van der Waals surface area contributed by atoms with Crippen molar-refractivity contribution in [1.29, 1.82) is 0 Å². The van der Waals surface area contributed by atoms with E-state index < -0.39 is 18.5 Å². The van der Waals surface area contributed by atoms with Crippen LogP contribution in [0, 0.1) is 13.8 Å². The van der Waals surface area contributed by atoms with Crippen LogP contribution in [0.1, 0.15) is 21.7 Å². The Hall–Kier alpha value is -3.32. The molecular weight excluding hydrogens is 380 g/mol. The largest absolute Gasteiger partial charge is 0.452 e. The quantitative estimate of drug-likeness (QED) is 0.506. The van der Waals surface area contributed by atoms with Gasteiger partial charge in [0.05, 0.1) is 28.3 Å². The van der Waals surface area contributed by atoms with Gasteiger partial charge in [0.2, 0.25) is 0 Å². The highest BCUT2D eigenvalue weighted by molar-refractivity contribution is 6.31. The fourth-order valence-electron chi connectivity index (χ4n) is 2.75. The zero-order chi connectivity index (χ0) is 20.3. The molecule has 0 saturated heterocycles. The maximum Gasteiger partial charge on any atom is 0.340 e. The van der Waals surface area contributed by atoms with Gasteiger partial charge in [-0.25, -0.2) is 9.48 Å². The number of hydrogen-bond donors (Lipinski definition) is 2. The van der Waals surface area contributed by atoms with Gasteiger partial charge >= 0.3 is 5.97 Å². The third-order valence-corrected chi connectivity index (χ3v) is 4.36. The summed E-state index contributed by atoms with van der Waals surface area (Å²) in [4.78, 5) is 24.4. The van der Waals surface area contributed by atoms with E-state index in [1.165, 1.54) is 18.2 Å². The van der Waals surface area contributed by atoms with Gasteiger partial charge in [-0.3, -0.25) is 4.79 Å². The van der Waals surface area contributed by atoms with Crippen molar-refractivity contribution in [2.45, 2.75) is 13.8 Å². The molecule has 0 radical (unpaired) electrons. The first-order valence-corrected chi connectivity index (χ1v) is 8.88. The Labute approximate surface area is 167 Å². The van der Waals surface area contributed by atoms with Crippen LogP contribution in [0.3, 0.4) is 0 Å². The molecule has 7 nitrogen and oxygen atoms in total. The number of ether oxygens (including phenoxy) is 1. The molecule has 1 amide bonds. The zero-order valence-corrected chi connectivity index (χ0v) is 16.2. The number of esters is 1. The Morgan fingerprint density at radius 3 is 2.57 bits per heavy atom. The second-order valence-corrected chi connectivity index (χ2v) is 6.59. The molecule has 0 atom stereocenters. The van der Waals surface area contributed by atoms with Crippen molar-refractivity contribution in [1.82, 2.24) is 9.78 Å². The number of halogens is 1. The molecule has 28 heavy (non-hydrogen) atoms. The number of rotatable bonds is 5. The lowest BCUT2D eigenvalue weighted by molar-refractivity contribution is -0.119. The van der Waals surface area contributed by atoms with Crippen molar-refractivity contribution in [3.63, 3.8) is 0 Å². The topological polar surface area (TPSA) is 99.2 Å². The van der Waals surface area contributed by atoms with E-state index in [1.54, 1.807) is 11.6 Å². The Bertz CT molecular complexity index is 1030. The molecule has 0 bridgehead atoms. The van der Waals surface area contributed by atoms with Gasteiger partial charge in [0.15, 0.2) is 6.61 Å². The number of carbonyl (C=O) groups is 2. The summed E-state index contributed by atoms with van der Waals surface area (Å²) in [6.45, 7) is 3.20. The second-order valence-electron chi connectivity index (χ2n) is 6.15. The molecule has 0 fully saturated rings. The molecule has 3 rings (SSSR count). The Morgan fingerprint density at radius 2 is 1.89 bits per heavy atom. The van der Waals surface area contributed by atoms with Crippen LogP contribution in [0.5, 0.6) is 0 Å². The smallest absolute Gasteiger partial charge is 0.340 e. The second kappa shape index (κ2) is 8.14. The average Bonchev–Trinajstić information content (AvgIpc) is 2.95. The normalized spacial score (nSPS) is 10.5. The van der Waals surface area contributed by atoms with Gasteiger partial charge < -0.3 is 15.8 Å². The number of aryl methyl sites for hydroxylation is 1. The Morgan fingerprint density at radius 1 is 1.18 bits per heavy atom. The molecule has 0 saturated carbocycles. The number of hydrogen-bond acceptors (Lipinski definition) is 5. The highest BCUT2D eigenvalue weighted by Crippen LogP contribution is 2.23. The third-order valence-electron chi connectivity index (χ3n) is 4.12. The van der Waals surface area contributed by atoms with Gasteiger partial charge in [-0.1, -0.05) is 29.8 Å². The SMILES string of the molecule is Cc1nn(-c2ccccc2)c(C)c1NC(=O)COC(=O)c1ccc(Cl)cc1N. The molecule has 3 N–H and O–H groups in total. The third kappa shape index (κ3) is 4.15. The van der Waals surface area contributed by atoms with E-state index in [1.807, 2.05) is 37.3 Å². The first-order valence-electron chi connectivity index (χ1n) is 8.50. The first-order chi connectivity index (χ1) is 13.4. The van der Waals surface area contributed by atoms with Gasteiger partial charge in [0, 0.05) is 10.7 Å². The number of amides is 1. The summed E-state index contributed by atoms with van der Waals surface area (Å²) < 4.78 is 6.79. The van der Waals surface area contributed by atoms with Crippen molar-refractivity contribution in [2.24, 2.45) is 0 Å². The van der Waals surface area contributed by atoms with Gasteiger partial charge in [0.25, 0.3) is 5.91 Å². The molecule has 0 unspecified atom stereocenters. The minimum Gasteiger partial charge on any atom is -0.452 e. The average molecular weight is 399 g/mol. The van der Waals surface area contributed by atoms with Gasteiger partial charge in [-0.05, 0) is 44.2 Å². The van der Waals surface area contributed by atoms with Crippen molar-refractivity contribution in [3.8, 4) is 5.69 Å². The van der Waals surface area contributed by atoms with Gasteiger partial charge in [0.1, 0.15) is 0 Å². The van der Waals surface area contributed by atoms with Crippen LogP contribution in [0.2, 0.25) is 5.02 Å². The molecule has 0 spiro atoms. The summed E-state index contributed by atoms with van der Waals surface area (Å²) in [5.74, 6) is -1.17. The predicted molar refractivity (Wildman–Crippen MR) is 108 cm³/mol. The van der Waals surface area contributed by atoms with Crippen LogP contribution in [-0.2, 0) is 9.53 Å². The maximum absolute atomic E-state index is 12.3. The van der Waals surface area contributed by atoms with E-state index in [-0.39, 0.29) is 11.3 Å². The summed E-state index contributed by atoms with van der Waals surface area (Å²) in [6, 6.07) is 14.0. The number of para-hydroxylation sites is 1. The number of anilines is 2. The molecule has 0 aliphatic heterocycles. The molecule has 2 aromatic carbocycles. The van der Waals surface area contributed by atoms with Gasteiger partial charge in [-0.2, -0.15) is 5.10 Å². The van der Waals surface area contributed by atoms with E-state index >= 15 is 0 Å². The summed E-state index contributed by atoms with van der Waals surface area (Å²) in [5.41, 5.74) is 8.98. The number of aromatic nitrogens is 2. The number of nitrogens with one attached hydrogen (secondary N) is 1. The number of nitrogens with zero attached hydrogens (tertiary/aromatic N) is 2. The van der Waals surface area contributed by atoms with Crippen molar-refractivity contribution >= 4 is 34.9 Å². The summed E-state index contributed by atoms with van der Waals surface area (Å²) in [6.07, 6.45) is 0. The van der Waals surface area contributed by atoms with Crippen LogP contribution >= 0.6 is 11.6 Å². The highest BCUT2D eigenvalue weighted by atomic mass is 35.5. The molecule has 1 heterocycles.